The van der Waals surface area contributed by atoms with E-state index in [0.29, 0.717) is 6.42 Å². The molecule has 0 bridgehead atoms. The van der Waals surface area contributed by atoms with E-state index < -0.39 is 16.0 Å². The van der Waals surface area contributed by atoms with E-state index in [-0.39, 0.29) is 46.1 Å². The van der Waals surface area contributed by atoms with E-state index in [1.165, 1.54) is 4.31 Å². The molecular formula is C12H13Cl2NO5S. The Morgan fingerprint density at radius 3 is 2.57 bits per heavy atom. The highest BCUT2D eigenvalue weighted by Gasteiger charge is 2.34. The third-order valence-corrected chi connectivity index (χ3v) is 5.99. The van der Waals surface area contributed by atoms with Crippen molar-refractivity contribution in [2.24, 2.45) is 5.92 Å². The number of rotatable bonds is 4. The fourth-order valence-corrected chi connectivity index (χ4v) is 4.62. The number of benzene rings is 1. The third-order valence-electron chi connectivity index (χ3n) is 3.36. The molecule has 21 heavy (non-hydrogen) atoms. The maximum Gasteiger partial charge on any atom is 0.337 e. The minimum absolute atomic E-state index is 0.0201. The van der Waals surface area contributed by atoms with E-state index in [9.17, 15) is 13.2 Å². The zero-order valence-electron chi connectivity index (χ0n) is 10.8. The highest BCUT2D eigenvalue weighted by atomic mass is 35.5. The van der Waals surface area contributed by atoms with Crippen molar-refractivity contribution < 1.29 is 23.4 Å². The van der Waals surface area contributed by atoms with Crippen molar-refractivity contribution in [2.45, 2.75) is 11.3 Å². The molecular weight excluding hydrogens is 341 g/mol. The first kappa shape index (κ1) is 16.5. The second-order valence-electron chi connectivity index (χ2n) is 4.77. The van der Waals surface area contributed by atoms with Crippen molar-refractivity contribution in [1.29, 1.82) is 0 Å². The average molecular weight is 354 g/mol. The lowest BCUT2D eigenvalue weighted by atomic mass is 10.1. The minimum atomic E-state index is -3.95. The fraction of sp³-hybridized carbons (Fsp3) is 0.417. The topological polar surface area (TPSA) is 94.9 Å². The lowest BCUT2D eigenvalue weighted by Crippen LogP contribution is -2.29. The molecule has 1 fully saturated rings. The van der Waals surface area contributed by atoms with Crippen molar-refractivity contribution in [2.75, 3.05) is 19.7 Å². The standard InChI is InChI=1S/C12H13Cl2NO5S/c13-8-3-9(12(17)18)11(14)10(4-8)21(19,20)15-2-1-7(5-15)6-16/h3-4,7,16H,1-2,5-6H2,(H,17,18). The quantitative estimate of drug-likeness (QED) is 0.858. The van der Waals surface area contributed by atoms with Crippen molar-refractivity contribution in [3.8, 4) is 0 Å². The number of aliphatic hydroxyl groups excluding tert-OH is 1. The SMILES string of the molecule is O=C(O)c1cc(Cl)cc(S(=O)(=O)N2CCC(CO)C2)c1Cl. The van der Waals surface area contributed by atoms with E-state index in [2.05, 4.69) is 0 Å². The summed E-state index contributed by atoms with van der Waals surface area (Å²) in [6, 6.07) is 2.24. The van der Waals surface area contributed by atoms with Gasteiger partial charge in [-0.05, 0) is 24.5 Å². The normalized spacial score (nSPS) is 19.9. The minimum Gasteiger partial charge on any atom is -0.478 e. The Labute approximate surface area is 131 Å². The molecule has 1 unspecified atom stereocenters. The number of carboxylic acids is 1. The van der Waals surface area contributed by atoms with Crippen LogP contribution in [0.3, 0.4) is 0 Å². The number of aromatic carboxylic acids is 1. The summed E-state index contributed by atoms with van der Waals surface area (Å²) in [5.41, 5.74) is -0.361. The van der Waals surface area contributed by atoms with E-state index in [1.807, 2.05) is 0 Å². The second-order valence-corrected chi connectivity index (χ2v) is 7.49. The summed E-state index contributed by atoms with van der Waals surface area (Å²) in [6.07, 6.45) is 0.541. The number of carbonyl (C=O) groups is 1. The van der Waals surface area contributed by atoms with E-state index >= 15 is 0 Å². The van der Waals surface area contributed by atoms with Crippen LogP contribution >= 0.6 is 23.2 Å². The Balaban J connectivity index is 2.48. The summed E-state index contributed by atoms with van der Waals surface area (Å²) in [6.45, 7) is 0.318. The van der Waals surface area contributed by atoms with E-state index in [1.54, 1.807) is 0 Å². The van der Waals surface area contributed by atoms with Gasteiger partial charge in [-0.1, -0.05) is 23.2 Å². The van der Waals surface area contributed by atoms with Gasteiger partial charge in [0.25, 0.3) is 0 Å². The molecule has 0 aromatic heterocycles. The van der Waals surface area contributed by atoms with Gasteiger partial charge in [-0.25, -0.2) is 13.2 Å². The molecule has 0 saturated carbocycles. The number of sulfonamides is 1. The molecule has 1 aromatic carbocycles. The number of nitrogens with zero attached hydrogens (tertiary/aromatic N) is 1. The van der Waals surface area contributed by atoms with Gasteiger partial charge in [0.2, 0.25) is 10.0 Å². The highest BCUT2D eigenvalue weighted by molar-refractivity contribution is 7.89. The van der Waals surface area contributed by atoms with Gasteiger partial charge in [0, 0.05) is 24.7 Å². The first-order valence-electron chi connectivity index (χ1n) is 6.10. The summed E-state index contributed by atoms with van der Waals surface area (Å²) < 4.78 is 26.3. The van der Waals surface area contributed by atoms with Crippen LogP contribution in [0.15, 0.2) is 17.0 Å². The predicted octanol–water partition coefficient (Wildman–Crippen LogP) is 1.69. The predicted molar refractivity (Wildman–Crippen MR) is 77.4 cm³/mol. The van der Waals surface area contributed by atoms with Crippen LogP contribution in [0.4, 0.5) is 0 Å². The molecule has 0 radical (unpaired) electrons. The average Bonchev–Trinajstić information content (AvgIpc) is 2.90. The third kappa shape index (κ3) is 3.17. The zero-order valence-corrected chi connectivity index (χ0v) is 13.1. The largest absolute Gasteiger partial charge is 0.478 e. The maximum atomic E-state index is 12.6. The first-order valence-corrected chi connectivity index (χ1v) is 8.30. The van der Waals surface area contributed by atoms with Crippen molar-refractivity contribution in [3.63, 3.8) is 0 Å². The lowest BCUT2D eigenvalue weighted by molar-refractivity contribution is 0.0697. The van der Waals surface area contributed by atoms with Crippen molar-refractivity contribution in [1.82, 2.24) is 4.31 Å². The van der Waals surface area contributed by atoms with Gasteiger partial charge < -0.3 is 10.2 Å². The van der Waals surface area contributed by atoms with Crippen LogP contribution in [0.5, 0.6) is 0 Å². The van der Waals surface area contributed by atoms with Gasteiger partial charge in [0.15, 0.2) is 0 Å². The molecule has 6 nitrogen and oxygen atoms in total. The molecule has 2 N–H and O–H groups in total. The lowest BCUT2D eigenvalue weighted by Gasteiger charge is -2.18. The van der Waals surface area contributed by atoms with Crippen molar-refractivity contribution in [3.05, 3.63) is 27.7 Å². The number of aliphatic hydroxyl groups is 1. The summed E-state index contributed by atoms with van der Waals surface area (Å²) in [7, 11) is -3.95. The molecule has 1 aliphatic rings. The molecule has 9 heteroatoms. The Morgan fingerprint density at radius 2 is 2.05 bits per heavy atom. The van der Waals surface area contributed by atoms with Crippen molar-refractivity contribution >= 4 is 39.2 Å². The second kappa shape index (κ2) is 6.10. The van der Waals surface area contributed by atoms with Crippen LogP contribution in [0.25, 0.3) is 0 Å². The fourth-order valence-electron chi connectivity index (χ4n) is 2.21. The van der Waals surface area contributed by atoms with E-state index in [0.717, 1.165) is 12.1 Å². The number of halogens is 2. The Morgan fingerprint density at radius 1 is 1.38 bits per heavy atom. The van der Waals surface area contributed by atoms with Crippen LogP contribution in [0.1, 0.15) is 16.8 Å². The zero-order chi connectivity index (χ0) is 15.8. The Kier molecular flexibility index (Phi) is 4.79. The molecule has 116 valence electrons. The molecule has 1 heterocycles. The number of carboxylic acid groups (broad SMARTS) is 1. The smallest absolute Gasteiger partial charge is 0.337 e. The molecule has 1 aromatic rings. The van der Waals surface area contributed by atoms with Crippen LogP contribution in [0, 0.1) is 5.92 Å². The Hall–Kier alpha value is -0.860. The first-order chi connectivity index (χ1) is 9.77. The van der Waals surface area contributed by atoms with Gasteiger partial charge in [-0.3, -0.25) is 0 Å². The van der Waals surface area contributed by atoms with Crippen LogP contribution in [-0.2, 0) is 10.0 Å². The van der Waals surface area contributed by atoms with Gasteiger partial charge in [0.05, 0.1) is 10.6 Å². The monoisotopic (exact) mass is 353 g/mol. The van der Waals surface area contributed by atoms with Gasteiger partial charge in [-0.15, -0.1) is 0 Å². The van der Waals surface area contributed by atoms with E-state index in [4.69, 9.17) is 33.4 Å². The summed E-state index contributed by atoms with van der Waals surface area (Å²) >= 11 is 11.7. The van der Waals surface area contributed by atoms with Crippen LogP contribution in [-0.4, -0.2) is 48.6 Å². The molecule has 1 saturated heterocycles. The van der Waals surface area contributed by atoms with Gasteiger partial charge >= 0.3 is 5.97 Å². The molecule has 0 amide bonds. The number of hydrogen-bond acceptors (Lipinski definition) is 4. The molecule has 2 rings (SSSR count). The molecule has 0 aliphatic carbocycles. The maximum absolute atomic E-state index is 12.6. The highest BCUT2D eigenvalue weighted by Crippen LogP contribution is 2.33. The summed E-state index contributed by atoms with van der Waals surface area (Å²) in [5.74, 6) is -1.48. The van der Waals surface area contributed by atoms with Gasteiger partial charge in [0.1, 0.15) is 4.90 Å². The molecule has 1 atom stereocenters. The molecule has 0 spiro atoms. The van der Waals surface area contributed by atoms with Crippen LogP contribution < -0.4 is 0 Å². The van der Waals surface area contributed by atoms with Gasteiger partial charge in [-0.2, -0.15) is 4.31 Å². The summed E-state index contributed by atoms with van der Waals surface area (Å²) in [4.78, 5) is 10.8. The van der Waals surface area contributed by atoms with Crippen LogP contribution in [0.2, 0.25) is 10.0 Å². The Bertz CT molecular complexity index is 676. The summed E-state index contributed by atoms with van der Waals surface area (Å²) in [5, 5.41) is 17.7. The molecule has 1 aliphatic heterocycles. The number of hydrogen-bond donors (Lipinski definition) is 2.